The fraction of sp³-hybridized carbons (Fsp3) is 0.500. The Morgan fingerprint density at radius 1 is 1.14 bits per heavy atom. The Labute approximate surface area is 91.6 Å². The molecule has 14 heavy (non-hydrogen) atoms. The van der Waals surface area contributed by atoms with Gasteiger partial charge in [0.15, 0.2) is 0 Å². The quantitative estimate of drug-likeness (QED) is 0.703. The number of rotatable bonds is 5. The van der Waals surface area contributed by atoms with Crippen molar-refractivity contribution in [3.63, 3.8) is 0 Å². The first-order valence-electron chi connectivity index (χ1n) is 5.36. The van der Waals surface area contributed by atoms with Gasteiger partial charge >= 0.3 is 91.4 Å². The van der Waals surface area contributed by atoms with Crippen LogP contribution in [0.25, 0.3) is 0 Å². The molecule has 0 aliphatic rings. The monoisotopic (exact) mass is 250 g/mol. The molecule has 0 bridgehead atoms. The van der Waals surface area contributed by atoms with Gasteiger partial charge in [0, 0.05) is 0 Å². The van der Waals surface area contributed by atoms with Crippen molar-refractivity contribution in [3.8, 4) is 0 Å². The van der Waals surface area contributed by atoms with Gasteiger partial charge in [0.1, 0.15) is 0 Å². The van der Waals surface area contributed by atoms with Crippen LogP contribution in [0, 0.1) is 0 Å². The van der Waals surface area contributed by atoms with Crippen molar-refractivity contribution in [3.05, 3.63) is 35.4 Å². The number of halogens is 1. The minimum atomic E-state index is -0.980. The Balaban J connectivity index is 2.69. The van der Waals surface area contributed by atoms with Crippen molar-refractivity contribution in [1.82, 2.24) is 0 Å². The van der Waals surface area contributed by atoms with Crippen molar-refractivity contribution < 1.29 is 4.39 Å². The van der Waals surface area contributed by atoms with Crippen LogP contribution in [-0.4, -0.2) is 22.9 Å². The number of alkyl halides is 1. The van der Waals surface area contributed by atoms with Gasteiger partial charge in [-0.15, -0.1) is 0 Å². The van der Waals surface area contributed by atoms with Crippen LogP contribution in [-0.2, 0) is 11.4 Å². The van der Waals surface area contributed by atoms with Gasteiger partial charge in [0.25, 0.3) is 0 Å². The topological polar surface area (TPSA) is 0 Å². The van der Waals surface area contributed by atoms with Crippen LogP contribution in [0.3, 0.4) is 0 Å². The standard InChI is InChI=1S/C10H12F.2CH3.Ga/c1-9-5-2-3-6-10(9)7-4-8-11;;;/h2-3,5-6H,1,4,7-8H2;2*1H3;. The van der Waals surface area contributed by atoms with E-state index in [2.05, 4.69) is 35.2 Å². The van der Waals surface area contributed by atoms with Gasteiger partial charge in [-0.25, -0.2) is 0 Å². The van der Waals surface area contributed by atoms with Gasteiger partial charge in [-0.2, -0.15) is 0 Å². The molecule has 0 amide bonds. The van der Waals surface area contributed by atoms with E-state index in [0.29, 0.717) is 6.42 Å². The number of aryl methyl sites for hydroxylation is 1. The summed E-state index contributed by atoms with van der Waals surface area (Å²) in [5.74, 6) is 0. The SMILES string of the molecule is [CH3][Ga]([CH3])[CH2]c1ccccc1CCCF. The fourth-order valence-electron chi connectivity index (χ4n) is 1.70. The van der Waals surface area contributed by atoms with E-state index in [1.807, 2.05) is 0 Å². The zero-order valence-corrected chi connectivity index (χ0v) is 11.5. The summed E-state index contributed by atoms with van der Waals surface area (Å²) in [6, 6.07) is 8.51. The molecule has 0 saturated heterocycles. The molecular formula is C12H18FGa. The second-order valence-corrected chi connectivity index (χ2v) is 10.9. The van der Waals surface area contributed by atoms with Gasteiger partial charge in [-0.1, -0.05) is 0 Å². The molecule has 0 radical (unpaired) electrons. The molecule has 2 heteroatoms. The molecule has 0 saturated carbocycles. The van der Waals surface area contributed by atoms with E-state index in [-0.39, 0.29) is 6.67 Å². The van der Waals surface area contributed by atoms with E-state index in [1.54, 1.807) is 0 Å². The maximum absolute atomic E-state index is 12.1. The van der Waals surface area contributed by atoms with Crippen molar-refractivity contribution in [2.24, 2.45) is 0 Å². The van der Waals surface area contributed by atoms with Crippen molar-refractivity contribution in [1.29, 1.82) is 0 Å². The third-order valence-electron chi connectivity index (χ3n) is 2.33. The zero-order valence-electron chi connectivity index (χ0n) is 9.09. The van der Waals surface area contributed by atoms with Crippen LogP contribution in [0.1, 0.15) is 17.5 Å². The van der Waals surface area contributed by atoms with Crippen LogP contribution in [0.5, 0.6) is 0 Å². The van der Waals surface area contributed by atoms with Crippen LogP contribution in [0.15, 0.2) is 24.3 Å². The second kappa shape index (κ2) is 6.30. The second-order valence-electron chi connectivity index (χ2n) is 4.16. The third kappa shape index (κ3) is 3.89. The average Bonchev–Trinajstić information content (AvgIpc) is 2.16. The summed E-state index contributed by atoms with van der Waals surface area (Å²) in [6.07, 6.45) is 1.57. The van der Waals surface area contributed by atoms with Gasteiger partial charge in [-0.3, -0.25) is 0 Å². The number of benzene rings is 1. The molecule has 0 aliphatic heterocycles. The van der Waals surface area contributed by atoms with E-state index in [9.17, 15) is 4.39 Å². The Bertz CT molecular complexity index is 271. The van der Waals surface area contributed by atoms with Crippen LogP contribution in [0.2, 0.25) is 11.0 Å². The molecule has 0 fully saturated rings. The summed E-state index contributed by atoms with van der Waals surface area (Å²) in [7, 11) is 0. The van der Waals surface area contributed by atoms with Crippen molar-refractivity contribution in [2.45, 2.75) is 28.8 Å². The summed E-state index contributed by atoms with van der Waals surface area (Å²) < 4.78 is 12.1. The molecular weight excluding hydrogens is 233 g/mol. The van der Waals surface area contributed by atoms with Crippen molar-refractivity contribution >= 4 is 16.2 Å². The first-order chi connectivity index (χ1) is 6.74. The molecule has 0 nitrogen and oxygen atoms in total. The predicted molar refractivity (Wildman–Crippen MR) is 61.9 cm³/mol. The van der Waals surface area contributed by atoms with Gasteiger partial charge in [0.05, 0.1) is 0 Å². The summed E-state index contributed by atoms with van der Waals surface area (Å²) in [5, 5.41) is 0. The van der Waals surface area contributed by atoms with Gasteiger partial charge in [0.2, 0.25) is 0 Å². The van der Waals surface area contributed by atoms with Crippen molar-refractivity contribution in [2.75, 3.05) is 6.67 Å². The van der Waals surface area contributed by atoms with E-state index >= 15 is 0 Å². The normalized spacial score (nSPS) is 10.2. The van der Waals surface area contributed by atoms with Crippen LogP contribution >= 0.6 is 0 Å². The summed E-state index contributed by atoms with van der Waals surface area (Å²) in [5.41, 5.74) is 7.64. The maximum atomic E-state index is 12.1. The van der Waals surface area contributed by atoms with E-state index in [0.717, 1.165) is 6.42 Å². The first-order valence-corrected chi connectivity index (χ1v) is 11.9. The Morgan fingerprint density at radius 2 is 1.79 bits per heavy atom. The molecule has 0 aromatic heterocycles. The molecule has 1 rings (SSSR count). The molecule has 1 aromatic carbocycles. The predicted octanol–water partition coefficient (Wildman–Crippen LogP) is 3.42. The Morgan fingerprint density at radius 3 is 2.36 bits per heavy atom. The summed E-state index contributed by atoms with van der Waals surface area (Å²) in [4.78, 5) is 1.29. The zero-order chi connectivity index (χ0) is 10.4. The summed E-state index contributed by atoms with van der Waals surface area (Å²) >= 11 is -0.980. The molecule has 76 valence electrons. The van der Waals surface area contributed by atoms with E-state index in [1.165, 1.54) is 16.1 Å². The minimum absolute atomic E-state index is 0.197. The third-order valence-corrected chi connectivity index (χ3v) is 4.96. The molecule has 0 spiro atoms. The van der Waals surface area contributed by atoms with E-state index < -0.39 is 16.2 Å². The number of hydrogen-bond donors (Lipinski definition) is 0. The summed E-state index contributed by atoms with van der Waals surface area (Å²) in [6.45, 7) is -0.197. The Hall–Kier alpha value is -0.214. The van der Waals surface area contributed by atoms with E-state index in [4.69, 9.17) is 0 Å². The number of hydrogen-bond acceptors (Lipinski definition) is 0. The van der Waals surface area contributed by atoms with Crippen LogP contribution < -0.4 is 0 Å². The molecule has 0 N–H and O–H groups in total. The molecule has 1 aromatic rings. The van der Waals surface area contributed by atoms with Gasteiger partial charge in [-0.05, 0) is 0 Å². The Kier molecular flexibility index (Phi) is 5.34. The molecule has 0 unspecified atom stereocenters. The molecule has 0 aliphatic carbocycles. The molecule has 0 heterocycles. The van der Waals surface area contributed by atoms with Gasteiger partial charge < -0.3 is 0 Å². The fourth-order valence-corrected chi connectivity index (χ4v) is 4.38. The first kappa shape index (κ1) is 11.9. The average molecular weight is 251 g/mol. The van der Waals surface area contributed by atoms with Crippen LogP contribution in [0.4, 0.5) is 4.39 Å². The molecule has 0 atom stereocenters.